The zero-order valence-corrected chi connectivity index (χ0v) is 9.24. The molecule has 12 heavy (non-hydrogen) atoms. The molecule has 0 atom stereocenters. The zero-order valence-electron chi connectivity index (χ0n) is 6.90. The van der Waals surface area contributed by atoms with Crippen LogP contribution in [0.15, 0.2) is 22.7 Å². The first-order valence-electron chi connectivity index (χ1n) is 4.07. The normalized spacial score (nSPS) is 19.2. The standard InChI is InChI=1S/C10H10BrCl/c1-10(4-5-10)8-3-2-7(12)6-9(8)11/h2-3,6H,4-5H2,1H3. The maximum absolute atomic E-state index is 5.86. The molecule has 2 heteroatoms. The minimum Gasteiger partial charge on any atom is -0.0843 e. The second-order valence-corrected chi connectivity index (χ2v) is 4.98. The summed E-state index contributed by atoms with van der Waals surface area (Å²) in [6.07, 6.45) is 2.60. The van der Waals surface area contributed by atoms with Crippen LogP contribution >= 0.6 is 27.5 Å². The van der Waals surface area contributed by atoms with Gasteiger partial charge >= 0.3 is 0 Å². The van der Waals surface area contributed by atoms with Crippen LogP contribution in [-0.2, 0) is 5.41 Å². The average molecular weight is 246 g/mol. The molecule has 0 radical (unpaired) electrons. The molecular weight excluding hydrogens is 235 g/mol. The van der Waals surface area contributed by atoms with Crippen LogP contribution in [0.3, 0.4) is 0 Å². The smallest absolute Gasteiger partial charge is 0.0417 e. The zero-order chi connectivity index (χ0) is 8.77. The molecule has 2 rings (SSSR count). The van der Waals surface area contributed by atoms with Gasteiger partial charge in [0.05, 0.1) is 0 Å². The van der Waals surface area contributed by atoms with Gasteiger partial charge in [0, 0.05) is 9.50 Å². The molecule has 64 valence electrons. The fourth-order valence-corrected chi connectivity index (χ4v) is 2.60. The molecule has 0 saturated heterocycles. The molecule has 0 amide bonds. The van der Waals surface area contributed by atoms with E-state index in [2.05, 4.69) is 28.9 Å². The van der Waals surface area contributed by atoms with Crippen molar-refractivity contribution in [1.82, 2.24) is 0 Å². The van der Waals surface area contributed by atoms with Gasteiger partial charge in [-0.05, 0) is 36.0 Å². The predicted octanol–water partition coefficient (Wildman–Crippen LogP) is 4.15. The van der Waals surface area contributed by atoms with E-state index < -0.39 is 0 Å². The van der Waals surface area contributed by atoms with Gasteiger partial charge in [-0.2, -0.15) is 0 Å². The third kappa shape index (κ3) is 1.40. The number of rotatable bonds is 1. The second-order valence-electron chi connectivity index (χ2n) is 3.68. The molecule has 1 aliphatic rings. The lowest BCUT2D eigenvalue weighted by atomic mass is 9.99. The highest BCUT2D eigenvalue weighted by molar-refractivity contribution is 9.10. The Morgan fingerprint density at radius 1 is 1.42 bits per heavy atom. The van der Waals surface area contributed by atoms with E-state index in [0.717, 1.165) is 9.50 Å². The van der Waals surface area contributed by atoms with E-state index >= 15 is 0 Å². The van der Waals surface area contributed by atoms with Crippen LogP contribution in [0.4, 0.5) is 0 Å². The molecule has 0 bridgehead atoms. The molecule has 0 unspecified atom stereocenters. The molecule has 0 aliphatic heterocycles. The van der Waals surface area contributed by atoms with Crippen molar-refractivity contribution < 1.29 is 0 Å². The number of benzene rings is 1. The Bertz CT molecular complexity index is 316. The lowest BCUT2D eigenvalue weighted by molar-refractivity contribution is 0.783. The van der Waals surface area contributed by atoms with Gasteiger partial charge in [0.15, 0.2) is 0 Å². The summed E-state index contributed by atoms with van der Waals surface area (Å²) in [7, 11) is 0. The molecule has 1 aromatic carbocycles. The predicted molar refractivity (Wildman–Crippen MR) is 55.7 cm³/mol. The first-order valence-corrected chi connectivity index (χ1v) is 5.24. The molecule has 1 fully saturated rings. The Kier molecular flexibility index (Phi) is 1.96. The highest BCUT2D eigenvalue weighted by atomic mass is 79.9. The largest absolute Gasteiger partial charge is 0.0843 e. The van der Waals surface area contributed by atoms with Crippen molar-refractivity contribution in [2.75, 3.05) is 0 Å². The van der Waals surface area contributed by atoms with Gasteiger partial charge in [-0.3, -0.25) is 0 Å². The third-order valence-electron chi connectivity index (χ3n) is 2.58. The molecule has 0 nitrogen and oxygen atoms in total. The van der Waals surface area contributed by atoms with E-state index in [4.69, 9.17) is 11.6 Å². The van der Waals surface area contributed by atoms with Crippen LogP contribution in [-0.4, -0.2) is 0 Å². The van der Waals surface area contributed by atoms with Crippen LogP contribution in [0.5, 0.6) is 0 Å². The van der Waals surface area contributed by atoms with E-state index in [0.29, 0.717) is 5.41 Å². The Hall–Kier alpha value is -0.0100. The minimum atomic E-state index is 0.420. The monoisotopic (exact) mass is 244 g/mol. The summed E-state index contributed by atoms with van der Waals surface area (Å²) >= 11 is 9.40. The first-order chi connectivity index (χ1) is 5.62. The molecule has 0 N–H and O–H groups in total. The van der Waals surface area contributed by atoms with Gasteiger partial charge in [0.1, 0.15) is 0 Å². The topological polar surface area (TPSA) is 0 Å². The Morgan fingerprint density at radius 3 is 2.58 bits per heavy atom. The fraction of sp³-hybridized carbons (Fsp3) is 0.400. The fourth-order valence-electron chi connectivity index (χ4n) is 1.44. The summed E-state index contributed by atoms with van der Waals surface area (Å²) in [5, 5.41) is 0.801. The Labute approximate surface area is 86.1 Å². The van der Waals surface area contributed by atoms with Crippen molar-refractivity contribution in [3.8, 4) is 0 Å². The van der Waals surface area contributed by atoms with E-state index in [1.54, 1.807) is 0 Å². The van der Waals surface area contributed by atoms with Crippen LogP contribution < -0.4 is 0 Å². The quantitative estimate of drug-likeness (QED) is 0.697. The van der Waals surface area contributed by atoms with Crippen molar-refractivity contribution in [3.05, 3.63) is 33.3 Å². The molecule has 0 heterocycles. The molecule has 0 aromatic heterocycles. The van der Waals surface area contributed by atoms with Crippen LogP contribution in [0.2, 0.25) is 5.02 Å². The van der Waals surface area contributed by atoms with Crippen molar-refractivity contribution >= 4 is 27.5 Å². The lowest BCUT2D eigenvalue weighted by Crippen LogP contribution is -2.00. The minimum absolute atomic E-state index is 0.420. The highest BCUT2D eigenvalue weighted by Gasteiger charge is 2.40. The summed E-state index contributed by atoms with van der Waals surface area (Å²) in [5.41, 5.74) is 1.82. The van der Waals surface area contributed by atoms with Gasteiger partial charge in [-0.1, -0.05) is 40.5 Å². The third-order valence-corrected chi connectivity index (χ3v) is 3.47. The van der Waals surface area contributed by atoms with Crippen LogP contribution in [0, 0.1) is 0 Å². The number of hydrogen-bond donors (Lipinski definition) is 0. The SMILES string of the molecule is CC1(c2ccc(Cl)cc2Br)CC1. The van der Waals surface area contributed by atoms with Gasteiger partial charge in [-0.25, -0.2) is 0 Å². The van der Waals surface area contributed by atoms with Crippen molar-refractivity contribution in [2.45, 2.75) is 25.2 Å². The Morgan fingerprint density at radius 2 is 2.08 bits per heavy atom. The molecule has 1 aliphatic carbocycles. The molecule has 1 aromatic rings. The average Bonchev–Trinajstić information content (AvgIpc) is 2.68. The van der Waals surface area contributed by atoms with Gasteiger partial charge in [-0.15, -0.1) is 0 Å². The second kappa shape index (κ2) is 2.74. The summed E-state index contributed by atoms with van der Waals surface area (Å²) in [6.45, 7) is 2.29. The molecular formula is C10H10BrCl. The summed E-state index contributed by atoms with van der Waals surface area (Å²) in [4.78, 5) is 0. The molecule has 0 spiro atoms. The van der Waals surface area contributed by atoms with Gasteiger partial charge in [0.25, 0.3) is 0 Å². The summed E-state index contributed by atoms with van der Waals surface area (Å²) in [6, 6.07) is 6.06. The maximum Gasteiger partial charge on any atom is 0.0417 e. The van der Waals surface area contributed by atoms with Crippen molar-refractivity contribution in [3.63, 3.8) is 0 Å². The van der Waals surface area contributed by atoms with E-state index in [1.165, 1.54) is 18.4 Å². The molecule has 1 saturated carbocycles. The van der Waals surface area contributed by atoms with Crippen LogP contribution in [0.1, 0.15) is 25.3 Å². The van der Waals surface area contributed by atoms with Gasteiger partial charge < -0.3 is 0 Å². The van der Waals surface area contributed by atoms with Gasteiger partial charge in [0.2, 0.25) is 0 Å². The Balaban J connectivity index is 2.45. The first kappa shape index (κ1) is 8.58. The summed E-state index contributed by atoms with van der Waals surface area (Å²) < 4.78 is 1.15. The van der Waals surface area contributed by atoms with Crippen molar-refractivity contribution in [1.29, 1.82) is 0 Å². The van der Waals surface area contributed by atoms with Crippen molar-refractivity contribution in [2.24, 2.45) is 0 Å². The lowest BCUT2D eigenvalue weighted by Gasteiger charge is -2.10. The number of hydrogen-bond acceptors (Lipinski definition) is 0. The van der Waals surface area contributed by atoms with E-state index in [9.17, 15) is 0 Å². The van der Waals surface area contributed by atoms with E-state index in [1.807, 2.05) is 12.1 Å². The van der Waals surface area contributed by atoms with Crippen LogP contribution in [0.25, 0.3) is 0 Å². The highest BCUT2D eigenvalue weighted by Crippen LogP contribution is 2.50. The maximum atomic E-state index is 5.86. The summed E-state index contributed by atoms with van der Waals surface area (Å²) in [5.74, 6) is 0. The number of halogens is 2. The van der Waals surface area contributed by atoms with E-state index in [-0.39, 0.29) is 0 Å².